The van der Waals surface area contributed by atoms with Gasteiger partial charge in [0.15, 0.2) is 12.1 Å². The minimum absolute atomic E-state index is 0.0795. The van der Waals surface area contributed by atoms with Gasteiger partial charge in [-0.2, -0.15) is 0 Å². The van der Waals surface area contributed by atoms with Gasteiger partial charge in [-0.15, -0.1) is 0 Å². The second-order valence-corrected chi connectivity index (χ2v) is 2.92. The molecule has 7 nitrogen and oxygen atoms in total. The summed E-state index contributed by atoms with van der Waals surface area (Å²) in [6, 6.07) is -1.82. The smallest absolute Gasteiger partial charge is 0.335 e. The van der Waals surface area contributed by atoms with Crippen molar-refractivity contribution in [3.05, 3.63) is 0 Å². The van der Waals surface area contributed by atoms with Crippen LogP contribution in [-0.2, 0) is 14.4 Å². The first-order chi connectivity index (χ1) is 6.90. The zero-order chi connectivity index (χ0) is 12.0. The van der Waals surface area contributed by atoms with E-state index in [1.807, 2.05) is 5.32 Å². The lowest BCUT2D eigenvalue weighted by atomic mass is 10.1. The second kappa shape index (κ2) is 5.97. The van der Waals surface area contributed by atoms with Crippen LogP contribution in [-0.4, -0.2) is 45.3 Å². The number of carbonyl (C=O) groups is 3. The molecule has 0 saturated heterocycles. The van der Waals surface area contributed by atoms with Crippen molar-refractivity contribution in [1.82, 2.24) is 5.32 Å². The number of aliphatic carboxylic acids is 2. The van der Waals surface area contributed by atoms with Crippen molar-refractivity contribution in [3.63, 3.8) is 0 Å². The fourth-order valence-corrected chi connectivity index (χ4v) is 0.891. The number of aliphatic hydroxyl groups is 1. The molecule has 2 unspecified atom stereocenters. The molecule has 15 heavy (non-hydrogen) atoms. The summed E-state index contributed by atoms with van der Waals surface area (Å²) in [6.45, 7) is 1.71. The third-order valence-corrected chi connectivity index (χ3v) is 1.63. The minimum Gasteiger partial charge on any atom is -0.480 e. The van der Waals surface area contributed by atoms with E-state index >= 15 is 0 Å². The molecular formula is C8H13NO6. The summed E-state index contributed by atoms with van der Waals surface area (Å²) in [4.78, 5) is 31.9. The van der Waals surface area contributed by atoms with Gasteiger partial charge in [0, 0.05) is 6.42 Å². The Bertz CT molecular complexity index is 264. The zero-order valence-electron chi connectivity index (χ0n) is 8.14. The fourth-order valence-electron chi connectivity index (χ4n) is 0.891. The topological polar surface area (TPSA) is 124 Å². The van der Waals surface area contributed by atoms with Gasteiger partial charge in [0.2, 0.25) is 5.91 Å². The van der Waals surface area contributed by atoms with Gasteiger partial charge in [-0.1, -0.05) is 6.92 Å². The average molecular weight is 219 g/mol. The lowest BCUT2D eigenvalue weighted by Crippen LogP contribution is -2.51. The molecule has 0 heterocycles. The van der Waals surface area contributed by atoms with Gasteiger partial charge in [0.05, 0.1) is 0 Å². The van der Waals surface area contributed by atoms with E-state index in [1.165, 1.54) is 0 Å². The van der Waals surface area contributed by atoms with Crippen LogP contribution in [0.5, 0.6) is 0 Å². The molecule has 1 amide bonds. The van der Waals surface area contributed by atoms with Crippen LogP contribution >= 0.6 is 0 Å². The van der Waals surface area contributed by atoms with E-state index in [0.717, 1.165) is 0 Å². The highest BCUT2D eigenvalue weighted by atomic mass is 16.4. The zero-order valence-corrected chi connectivity index (χ0v) is 8.14. The summed E-state index contributed by atoms with van der Waals surface area (Å²) in [5.41, 5.74) is 0. The monoisotopic (exact) mass is 219 g/mol. The Morgan fingerprint density at radius 3 is 2.07 bits per heavy atom. The number of aliphatic hydroxyl groups excluding tert-OH is 1. The summed E-state index contributed by atoms with van der Waals surface area (Å²) in [5, 5.41) is 27.9. The Morgan fingerprint density at radius 2 is 1.73 bits per heavy atom. The van der Waals surface area contributed by atoms with Gasteiger partial charge in [-0.25, -0.2) is 9.59 Å². The third kappa shape index (κ3) is 4.41. The summed E-state index contributed by atoms with van der Waals surface area (Å²) in [6.07, 6.45) is -1.57. The molecule has 0 radical (unpaired) electrons. The lowest BCUT2D eigenvalue weighted by Gasteiger charge is -2.16. The molecule has 0 fully saturated rings. The van der Waals surface area contributed by atoms with E-state index in [2.05, 4.69) is 0 Å². The molecule has 0 aliphatic heterocycles. The van der Waals surface area contributed by atoms with Crippen molar-refractivity contribution in [1.29, 1.82) is 0 Å². The molecule has 0 aromatic rings. The van der Waals surface area contributed by atoms with Crippen LogP contribution in [0.4, 0.5) is 0 Å². The number of hydrogen-bond donors (Lipinski definition) is 4. The summed E-state index contributed by atoms with van der Waals surface area (Å²) in [7, 11) is 0. The predicted octanol–water partition coefficient (Wildman–Crippen LogP) is -1.20. The van der Waals surface area contributed by atoms with Gasteiger partial charge in [0.1, 0.15) is 0 Å². The molecule has 0 aromatic carbocycles. The molecular weight excluding hydrogens is 206 g/mol. The van der Waals surface area contributed by atoms with Crippen molar-refractivity contribution in [2.24, 2.45) is 0 Å². The average Bonchev–Trinajstić information content (AvgIpc) is 2.13. The van der Waals surface area contributed by atoms with Crippen LogP contribution < -0.4 is 5.32 Å². The molecule has 0 aliphatic carbocycles. The highest BCUT2D eigenvalue weighted by Crippen LogP contribution is 1.97. The first-order valence-electron chi connectivity index (χ1n) is 4.33. The molecule has 0 rings (SSSR count). The number of carboxylic acids is 2. The number of amides is 1. The number of hydrogen-bond acceptors (Lipinski definition) is 4. The van der Waals surface area contributed by atoms with Crippen LogP contribution in [0.1, 0.15) is 19.8 Å². The largest absolute Gasteiger partial charge is 0.480 e. The quantitative estimate of drug-likeness (QED) is 0.445. The molecule has 86 valence electrons. The SMILES string of the molecule is CCCC(=O)NC(C(=O)O)C(O)C(=O)O. The molecule has 0 spiro atoms. The van der Waals surface area contributed by atoms with Crippen LogP contribution in [0.15, 0.2) is 0 Å². The van der Waals surface area contributed by atoms with Crippen molar-refractivity contribution in [2.45, 2.75) is 31.9 Å². The van der Waals surface area contributed by atoms with Crippen molar-refractivity contribution in [2.75, 3.05) is 0 Å². The summed E-state index contributed by atoms with van der Waals surface area (Å²) in [5.74, 6) is -3.89. The second-order valence-electron chi connectivity index (χ2n) is 2.92. The summed E-state index contributed by atoms with van der Waals surface area (Å²) >= 11 is 0. The minimum atomic E-state index is -2.15. The number of nitrogens with one attached hydrogen (secondary N) is 1. The maximum absolute atomic E-state index is 11.0. The van der Waals surface area contributed by atoms with E-state index in [9.17, 15) is 14.4 Å². The van der Waals surface area contributed by atoms with E-state index in [-0.39, 0.29) is 6.42 Å². The summed E-state index contributed by atoms with van der Waals surface area (Å²) < 4.78 is 0. The Kier molecular flexibility index (Phi) is 5.32. The maximum atomic E-state index is 11.0. The van der Waals surface area contributed by atoms with Gasteiger partial charge in [0.25, 0.3) is 0 Å². The molecule has 0 bridgehead atoms. The van der Waals surface area contributed by atoms with E-state index in [1.54, 1.807) is 6.92 Å². The van der Waals surface area contributed by atoms with Crippen molar-refractivity contribution >= 4 is 17.8 Å². The van der Waals surface area contributed by atoms with Crippen molar-refractivity contribution < 1.29 is 29.7 Å². The third-order valence-electron chi connectivity index (χ3n) is 1.63. The molecule has 0 saturated carbocycles. The van der Waals surface area contributed by atoms with Crippen LogP contribution in [0.2, 0.25) is 0 Å². The Balaban J connectivity index is 4.48. The molecule has 0 aromatic heterocycles. The van der Waals surface area contributed by atoms with E-state index in [0.29, 0.717) is 6.42 Å². The predicted molar refractivity (Wildman–Crippen MR) is 48.1 cm³/mol. The number of carbonyl (C=O) groups excluding carboxylic acids is 1. The van der Waals surface area contributed by atoms with Gasteiger partial charge >= 0.3 is 11.9 Å². The van der Waals surface area contributed by atoms with Crippen LogP contribution in [0.3, 0.4) is 0 Å². The van der Waals surface area contributed by atoms with Crippen LogP contribution in [0.25, 0.3) is 0 Å². The first kappa shape index (κ1) is 13.4. The fraction of sp³-hybridized carbons (Fsp3) is 0.625. The van der Waals surface area contributed by atoms with Gasteiger partial charge in [-0.05, 0) is 6.42 Å². The van der Waals surface area contributed by atoms with Gasteiger partial charge < -0.3 is 20.6 Å². The Morgan fingerprint density at radius 1 is 1.20 bits per heavy atom. The molecule has 2 atom stereocenters. The first-order valence-corrected chi connectivity index (χ1v) is 4.33. The van der Waals surface area contributed by atoms with E-state index < -0.39 is 30.0 Å². The lowest BCUT2D eigenvalue weighted by molar-refractivity contribution is -0.157. The molecule has 4 N–H and O–H groups in total. The normalized spacial score (nSPS) is 14.0. The van der Waals surface area contributed by atoms with Crippen LogP contribution in [0, 0.1) is 0 Å². The molecule has 0 aliphatic rings. The van der Waals surface area contributed by atoms with Crippen molar-refractivity contribution in [3.8, 4) is 0 Å². The highest BCUT2D eigenvalue weighted by molar-refractivity contribution is 5.89. The number of carboxylic acid groups (broad SMARTS) is 2. The Hall–Kier alpha value is -1.63. The molecule has 7 heteroatoms. The van der Waals surface area contributed by atoms with Gasteiger partial charge in [-0.3, -0.25) is 4.79 Å². The highest BCUT2D eigenvalue weighted by Gasteiger charge is 2.33. The standard InChI is InChI=1S/C8H13NO6/c1-2-3-4(10)9-5(7(12)13)6(11)8(14)15/h5-6,11H,2-3H2,1H3,(H,9,10)(H,12,13)(H,14,15). The maximum Gasteiger partial charge on any atom is 0.335 e. The van der Waals surface area contributed by atoms with E-state index in [4.69, 9.17) is 15.3 Å². The number of rotatable bonds is 6. The Labute approximate surface area is 85.7 Å².